The third-order valence-electron chi connectivity index (χ3n) is 3.66. The van der Waals surface area contributed by atoms with Crippen molar-refractivity contribution in [3.05, 3.63) is 63.2 Å². The molecule has 6 nitrogen and oxygen atoms in total. The van der Waals surface area contributed by atoms with E-state index in [0.29, 0.717) is 29.4 Å². The summed E-state index contributed by atoms with van der Waals surface area (Å²) in [5.41, 5.74) is 1.46. The van der Waals surface area contributed by atoms with Crippen LogP contribution >= 0.6 is 11.6 Å². The Bertz CT molecular complexity index is 778. The van der Waals surface area contributed by atoms with Crippen LogP contribution in [0.3, 0.4) is 0 Å². The first-order chi connectivity index (χ1) is 11.1. The highest BCUT2D eigenvalue weighted by Gasteiger charge is 2.27. The Morgan fingerprint density at radius 3 is 2.83 bits per heavy atom. The van der Waals surface area contributed by atoms with E-state index in [4.69, 9.17) is 16.3 Å². The van der Waals surface area contributed by atoms with Gasteiger partial charge in [-0.05, 0) is 24.1 Å². The number of amides is 1. The lowest BCUT2D eigenvalue weighted by molar-refractivity contribution is -0.384. The quantitative estimate of drug-likeness (QED) is 0.636. The first-order valence-electron chi connectivity index (χ1n) is 7.01. The van der Waals surface area contributed by atoms with Gasteiger partial charge in [0.2, 0.25) is 0 Å². The van der Waals surface area contributed by atoms with Crippen LogP contribution in [-0.2, 0) is 11.2 Å². The molecule has 0 fully saturated rings. The number of hydrogen-bond donors (Lipinski definition) is 0. The first-order valence-corrected chi connectivity index (χ1v) is 7.39. The van der Waals surface area contributed by atoms with Gasteiger partial charge in [-0.1, -0.05) is 29.8 Å². The molecule has 1 aliphatic rings. The zero-order chi connectivity index (χ0) is 16.4. The zero-order valence-corrected chi connectivity index (χ0v) is 12.8. The van der Waals surface area contributed by atoms with Crippen molar-refractivity contribution in [1.82, 2.24) is 0 Å². The Kier molecular flexibility index (Phi) is 4.16. The summed E-state index contributed by atoms with van der Waals surface area (Å²) in [6.45, 7) is 0.313. The van der Waals surface area contributed by atoms with E-state index in [1.165, 1.54) is 17.0 Å². The smallest absolute Gasteiger partial charge is 0.271 e. The van der Waals surface area contributed by atoms with E-state index in [-0.39, 0.29) is 18.2 Å². The Labute approximate surface area is 137 Å². The topological polar surface area (TPSA) is 72.7 Å². The minimum atomic E-state index is -0.471. The van der Waals surface area contributed by atoms with E-state index in [1.54, 1.807) is 30.3 Å². The number of hydrogen-bond acceptors (Lipinski definition) is 4. The maximum absolute atomic E-state index is 12.4. The average molecular weight is 333 g/mol. The second-order valence-corrected chi connectivity index (χ2v) is 5.49. The van der Waals surface area contributed by atoms with Crippen LogP contribution in [0.15, 0.2) is 42.5 Å². The third kappa shape index (κ3) is 3.12. The molecular formula is C16H13ClN2O4. The lowest BCUT2D eigenvalue weighted by Crippen LogP contribution is -2.33. The van der Waals surface area contributed by atoms with E-state index in [0.717, 1.165) is 5.56 Å². The minimum Gasteiger partial charge on any atom is -0.482 e. The number of carbonyl (C=O) groups excluding carboxylic acids is 1. The Morgan fingerprint density at radius 1 is 1.30 bits per heavy atom. The fourth-order valence-electron chi connectivity index (χ4n) is 2.52. The van der Waals surface area contributed by atoms with E-state index in [2.05, 4.69) is 0 Å². The van der Waals surface area contributed by atoms with Crippen molar-refractivity contribution >= 4 is 28.9 Å². The zero-order valence-electron chi connectivity index (χ0n) is 12.1. The van der Waals surface area contributed by atoms with Crippen molar-refractivity contribution < 1.29 is 14.5 Å². The number of rotatable bonds is 4. The summed E-state index contributed by atoms with van der Waals surface area (Å²) in [4.78, 5) is 24.3. The van der Waals surface area contributed by atoms with Gasteiger partial charge in [0.25, 0.3) is 11.6 Å². The number of nitro groups is 1. The molecule has 3 rings (SSSR count). The maximum Gasteiger partial charge on any atom is 0.271 e. The summed E-state index contributed by atoms with van der Waals surface area (Å²) in [7, 11) is 0. The van der Waals surface area contributed by atoms with Crippen LogP contribution in [0.5, 0.6) is 5.75 Å². The monoisotopic (exact) mass is 332 g/mol. The number of nitro benzene ring substituents is 1. The molecular weight excluding hydrogens is 320 g/mol. The molecule has 0 spiro atoms. The van der Waals surface area contributed by atoms with Gasteiger partial charge >= 0.3 is 0 Å². The number of nitrogens with zero attached hydrogens (tertiary/aromatic N) is 2. The lowest BCUT2D eigenvalue weighted by atomic mass is 10.1. The van der Waals surface area contributed by atoms with Gasteiger partial charge in [0.15, 0.2) is 6.61 Å². The number of ether oxygens (including phenoxy) is 1. The number of carbonyl (C=O) groups is 1. The number of anilines is 1. The number of halogens is 1. The SMILES string of the molecule is O=C(COc1ccccc1Cl)N1CCc2ccc([N+](=O)[O-])cc21. The minimum absolute atomic E-state index is 0.0320. The highest BCUT2D eigenvalue weighted by molar-refractivity contribution is 6.32. The highest BCUT2D eigenvalue weighted by Crippen LogP contribution is 2.32. The standard InChI is InChI=1S/C16H13ClN2O4/c17-13-3-1-2-4-15(13)23-10-16(20)18-8-7-11-5-6-12(19(21)22)9-14(11)18/h1-6,9H,7-8,10H2. The summed E-state index contributed by atoms with van der Waals surface area (Å²) in [5, 5.41) is 11.3. The highest BCUT2D eigenvalue weighted by atomic mass is 35.5. The number of non-ortho nitro benzene ring substituents is 1. The largest absolute Gasteiger partial charge is 0.482 e. The molecule has 0 radical (unpaired) electrons. The molecule has 118 valence electrons. The van der Waals surface area contributed by atoms with Gasteiger partial charge in [-0.3, -0.25) is 14.9 Å². The maximum atomic E-state index is 12.4. The summed E-state index contributed by atoms with van der Waals surface area (Å²) in [5.74, 6) is 0.171. The normalized spacial score (nSPS) is 12.8. The molecule has 1 heterocycles. The Hall–Kier alpha value is -2.60. The van der Waals surface area contributed by atoms with Gasteiger partial charge in [-0.25, -0.2) is 0 Å². The predicted octanol–water partition coefficient (Wildman–Crippen LogP) is 3.22. The van der Waals surface area contributed by atoms with Crippen LogP contribution in [0.25, 0.3) is 0 Å². The van der Waals surface area contributed by atoms with E-state index >= 15 is 0 Å². The average Bonchev–Trinajstić information content (AvgIpc) is 2.97. The van der Waals surface area contributed by atoms with Crippen molar-refractivity contribution in [2.24, 2.45) is 0 Å². The molecule has 2 aromatic carbocycles. The van der Waals surface area contributed by atoms with Crippen LogP contribution in [0.2, 0.25) is 5.02 Å². The van der Waals surface area contributed by atoms with Crippen molar-refractivity contribution in [3.8, 4) is 5.75 Å². The molecule has 0 saturated heterocycles. The molecule has 0 bridgehead atoms. The van der Waals surface area contributed by atoms with Gasteiger partial charge in [-0.15, -0.1) is 0 Å². The molecule has 23 heavy (non-hydrogen) atoms. The predicted molar refractivity (Wildman–Crippen MR) is 86.1 cm³/mol. The molecule has 0 saturated carbocycles. The van der Waals surface area contributed by atoms with Crippen molar-refractivity contribution in [1.29, 1.82) is 0 Å². The van der Waals surface area contributed by atoms with Crippen LogP contribution in [0.1, 0.15) is 5.56 Å². The van der Waals surface area contributed by atoms with Gasteiger partial charge in [-0.2, -0.15) is 0 Å². The number of benzene rings is 2. The Morgan fingerprint density at radius 2 is 2.09 bits per heavy atom. The fourth-order valence-corrected chi connectivity index (χ4v) is 2.71. The van der Waals surface area contributed by atoms with E-state index < -0.39 is 4.92 Å². The van der Waals surface area contributed by atoms with Gasteiger partial charge in [0.05, 0.1) is 15.6 Å². The number of fused-ring (bicyclic) bond motifs is 1. The van der Waals surface area contributed by atoms with Crippen LogP contribution < -0.4 is 9.64 Å². The lowest BCUT2D eigenvalue weighted by Gasteiger charge is -2.17. The van der Waals surface area contributed by atoms with Crippen LogP contribution in [-0.4, -0.2) is 24.0 Å². The summed E-state index contributed by atoms with van der Waals surface area (Å²) in [6.07, 6.45) is 0.672. The summed E-state index contributed by atoms with van der Waals surface area (Å²) < 4.78 is 5.45. The first kappa shape index (κ1) is 15.3. The molecule has 0 aromatic heterocycles. The molecule has 0 atom stereocenters. The van der Waals surface area contributed by atoms with Crippen molar-refractivity contribution in [2.75, 3.05) is 18.1 Å². The fraction of sp³-hybridized carbons (Fsp3) is 0.188. The Balaban J connectivity index is 1.74. The summed E-state index contributed by atoms with van der Waals surface area (Å²) in [6, 6.07) is 11.5. The molecule has 0 N–H and O–H groups in total. The molecule has 1 aliphatic heterocycles. The van der Waals surface area contributed by atoms with Crippen molar-refractivity contribution in [2.45, 2.75) is 6.42 Å². The van der Waals surface area contributed by atoms with Gasteiger partial charge in [0.1, 0.15) is 5.75 Å². The molecule has 2 aromatic rings. The molecule has 7 heteroatoms. The van der Waals surface area contributed by atoms with E-state index in [1.807, 2.05) is 0 Å². The van der Waals surface area contributed by atoms with Crippen LogP contribution in [0.4, 0.5) is 11.4 Å². The molecule has 0 aliphatic carbocycles. The molecule has 1 amide bonds. The number of para-hydroxylation sites is 1. The van der Waals surface area contributed by atoms with E-state index in [9.17, 15) is 14.9 Å². The van der Waals surface area contributed by atoms with Crippen LogP contribution in [0, 0.1) is 10.1 Å². The molecule has 0 unspecified atom stereocenters. The van der Waals surface area contributed by atoms with Gasteiger partial charge < -0.3 is 9.64 Å². The third-order valence-corrected chi connectivity index (χ3v) is 3.98. The second-order valence-electron chi connectivity index (χ2n) is 5.08. The second kappa shape index (κ2) is 6.26. The van der Waals surface area contributed by atoms with Crippen molar-refractivity contribution in [3.63, 3.8) is 0 Å². The van der Waals surface area contributed by atoms with Gasteiger partial charge in [0, 0.05) is 18.7 Å². The summed E-state index contributed by atoms with van der Waals surface area (Å²) >= 11 is 5.98.